The fourth-order valence-electron chi connectivity index (χ4n) is 5.10. The number of methoxy groups -OCH3 is 1. The highest BCUT2D eigenvalue weighted by molar-refractivity contribution is 7.89. The predicted octanol–water partition coefficient (Wildman–Crippen LogP) is 3.63. The summed E-state index contributed by atoms with van der Waals surface area (Å²) in [6, 6.07) is 10.2. The second-order valence-electron chi connectivity index (χ2n) is 9.39. The molecule has 0 radical (unpaired) electrons. The van der Waals surface area contributed by atoms with Crippen molar-refractivity contribution in [1.82, 2.24) is 10.0 Å². The average molecular weight is 504 g/mol. The number of carbonyl (C=O) groups is 1. The Morgan fingerprint density at radius 3 is 2.74 bits per heavy atom. The van der Waals surface area contributed by atoms with Gasteiger partial charge in [-0.25, -0.2) is 12.8 Å². The Bertz CT molecular complexity index is 1140. The summed E-state index contributed by atoms with van der Waals surface area (Å²) < 4.78 is 47.5. The SMILES string of the molecule is COc1cccc(S(=O)(=O)N[C@@H](CC2CCCCC2)C(=O)NCCN2CCc3cc(F)ccc32)c1. The van der Waals surface area contributed by atoms with Gasteiger partial charge >= 0.3 is 0 Å². The molecule has 9 heteroatoms. The van der Waals surface area contributed by atoms with Gasteiger partial charge in [0.2, 0.25) is 15.9 Å². The summed E-state index contributed by atoms with van der Waals surface area (Å²) in [7, 11) is -2.43. The molecule has 1 fully saturated rings. The molecule has 7 nitrogen and oxygen atoms in total. The van der Waals surface area contributed by atoms with Crippen LogP contribution in [0.25, 0.3) is 0 Å². The molecule has 0 aromatic heterocycles. The summed E-state index contributed by atoms with van der Waals surface area (Å²) in [6.45, 7) is 1.71. The van der Waals surface area contributed by atoms with Gasteiger partial charge in [-0.2, -0.15) is 4.72 Å². The van der Waals surface area contributed by atoms with E-state index in [1.54, 1.807) is 24.3 Å². The van der Waals surface area contributed by atoms with Crippen LogP contribution in [-0.2, 0) is 21.2 Å². The van der Waals surface area contributed by atoms with Crippen molar-refractivity contribution in [2.24, 2.45) is 5.92 Å². The van der Waals surface area contributed by atoms with Crippen molar-refractivity contribution in [2.75, 3.05) is 31.6 Å². The number of sulfonamides is 1. The highest BCUT2D eigenvalue weighted by Gasteiger charge is 2.29. The topological polar surface area (TPSA) is 87.7 Å². The standard InChI is InChI=1S/C26H34FN3O4S/c1-34-22-8-5-9-23(18-22)35(32,33)29-24(16-19-6-3-2-4-7-19)26(31)28-13-15-30-14-12-20-17-21(27)10-11-25(20)30/h5,8-11,17-19,24,29H,2-4,6-7,12-16H2,1H3,(H,28,31)/t24-/m0/s1. The molecule has 35 heavy (non-hydrogen) atoms. The highest BCUT2D eigenvalue weighted by atomic mass is 32.2. The molecule has 190 valence electrons. The second kappa shape index (κ2) is 11.4. The van der Waals surface area contributed by atoms with E-state index in [9.17, 15) is 17.6 Å². The summed E-state index contributed by atoms with van der Waals surface area (Å²) in [4.78, 5) is 15.4. The summed E-state index contributed by atoms with van der Waals surface area (Å²) in [6.07, 6.45) is 6.65. The normalized spacial score (nSPS) is 17.1. The molecule has 2 N–H and O–H groups in total. The highest BCUT2D eigenvalue weighted by Crippen LogP contribution is 2.29. The molecule has 1 heterocycles. The minimum atomic E-state index is -3.91. The molecule has 2 aromatic rings. The maximum Gasteiger partial charge on any atom is 0.241 e. The Hall–Kier alpha value is -2.65. The number of nitrogens with zero attached hydrogens (tertiary/aromatic N) is 1. The number of hydrogen-bond acceptors (Lipinski definition) is 5. The number of hydrogen-bond donors (Lipinski definition) is 2. The van der Waals surface area contributed by atoms with Crippen molar-refractivity contribution in [2.45, 2.75) is 55.9 Å². The van der Waals surface area contributed by atoms with Gasteiger partial charge in [0.15, 0.2) is 0 Å². The van der Waals surface area contributed by atoms with Crippen molar-refractivity contribution >= 4 is 21.6 Å². The van der Waals surface area contributed by atoms with Gasteiger partial charge in [0.05, 0.1) is 12.0 Å². The zero-order valence-electron chi connectivity index (χ0n) is 20.1. The maximum absolute atomic E-state index is 13.5. The second-order valence-corrected chi connectivity index (χ2v) is 11.1. The van der Waals surface area contributed by atoms with Crippen LogP contribution in [0.4, 0.5) is 10.1 Å². The smallest absolute Gasteiger partial charge is 0.241 e. The fraction of sp³-hybridized carbons (Fsp3) is 0.500. The Morgan fingerprint density at radius 2 is 1.97 bits per heavy atom. The number of nitrogens with one attached hydrogen (secondary N) is 2. The molecule has 1 aliphatic carbocycles. The van der Waals surface area contributed by atoms with Gasteiger partial charge in [0.1, 0.15) is 17.6 Å². The molecular weight excluding hydrogens is 469 g/mol. The Labute approximate surface area is 207 Å². The lowest BCUT2D eigenvalue weighted by Crippen LogP contribution is -2.49. The van der Waals surface area contributed by atoms with Crippen LogP contribution < -0.4 is 19.7 Å². The third kappa shape index (κ3) is 6.52. The van der Waals surface area contributed by atoms with E-state index in [0.29, 0.717) is 31.2 Å². The van der Waals surface area contributed by atoms with Gasteiger partial charge < -0.3 is 15.0 Å². The van der Waals surface area contributed by atoms with Crippen LogP contribution in [-0.4, -0.2) is 47.1 Å². The van der Waals surface area contributed by atoms with Crippen LogP contribution in [0, 0.1) is 11.7 Å². The molecule has 0 spiro atoms. The zero-order valence-corrected chi connectivity index (χ0v) is 21.0. The molecule has 0 saturated heterocycles. The number of halogens is 1. The number of carbonyl (C=O) groups excluding carboxylic acids is 1. The lowest BCUT2D eigenvalue weighted by molar-refractivity contribution is -0.123. The molecular formula is C26H34FN3O4S. The molecule has 4 rings (SSSR count). The fourth-order valence-corrected chi connectivity index (χ4v) is 6.34. The number of anilines is 1. The lowest BCUT2D eigenvalue weighted by Gasteiger charge is -2.27. The Balaban J connectivity index is 1.41. The summed E-state index contributed by atoms with van der Waals surface area (Å²) >= 11 is 0. The van der Waals surface area contributed by atoms with Crippen LogP contribution in [0.5, 0.6) is 5.75 Å². The van der Waals surface area contributed by atoms with Gasteiger partial charge in [0, 0.05) is 31.4 Å². The Morgan fingerprint density at radius 1 is 1.17 bits per heavy atom. The van der Waals surface area contributed by atoms with Crippen molar-refractivity contribution in [3.63, 3.8) is 0 Å². The van der Waals surface area contributed by atoms with Crippen LogP contribution >= 0.6 is 0 Å². The van der Waals surface area contributed by atoms with Crippen LogP contribution in [0.3, 0.4) is 0 Å². The number of rotatable bonds is 10. The van der Waals surface area contributed by atoms with Crippen molar-refractivity contribution in [1.29, 1.82) is 0 Å². The largest absolute Gasteiger partial charge is 0.497 e. The predicted molar refractivity (Wildman–Crippen MR) is 134 cm³/mol. The first-order chi connectivity index (χ1) is 16.9. The van der Waals surface area contributed by atoms with Gasteiger partial charge in [-0.05, 0) is 54.7 Å². The maximum atomic E-state index is 13.5. The van der Waals surface area contributed by atoms with Gasteiger partial charge in [-0.3, -0.25) is 4.79 Å². The quantitative estimate of drug-likeness (QED) is 0.517. The minimum Gasteiger partial charge on any atom is -0.497 e. The van der Waals surface area contributed by atoms with Crippen LogP contribution in [0.15, 0.2) is 47.4 Å². The first-order valence-electron chi connectivity index (χ1n) is 12.3. The third-order valence-corrected chi connectivity index (χ3v) is 8.44. The van der Waals surface area contributed by atoms with Crippen molar-refractivity contribution in [3.05, 3.63) is 53.8 Å². The number of fused-ring (bicyclic) bond motifs is 1. The van der Waals surface area contributed by atoms with Crippen LogP contribution in [0.2, 0.25) is 0 Å². The monoisotopic (exact) mass is 503 g/mol. The molecule has 2 aliphatic rings. The van der Waals surface area contributed by atoms with E-state index >= 15 is 0 Å². The first kappa shape index (κ1) is 25.4. The Kier molecular flexibility index (Phi) is 8.28. The number of amides is 1. The van der Waals surface area contributed by atoms with E-state index in [0.717, 1.165) is 49.9 Å². The van der Waals surface area contributed by atoms with Crippen LogP contribution in [0.1, 0.15) is 44.1 Å². The summed E-state index contributed by atoms with van der Waals surface area (Å²) in [5.41, 5.74) is 1.95. The van der Waals surface area contributed by atoms with E-state index in [4.69, 9.17) is 4.74 Å². The van der Waals surface area contributed by atoms with E-state index in [2.05, 4.69) is 14.9 Å². The van der Waals surface area contributed by atoms with E-state index in [1.165, 1.54) is 31.7 Å². The van der Waals surface area contributed by atoms with Crippen molar-refractivity contribution < 1.29 is 22.3 Å². The number of benzene rings is 2. The summed E-state index contributed by atoms with van der Waals surface area (Å²) in [5, 5.41) is 2.93. The van der Waals surface area contributed by atoms with Gasteiger partial charge in [-0.1, -0.05) is 38.2 Å². The zero-order chi connectivity index (χ0) is 24.8. The van der Waals surface area contributed by atoms with E-state index in [-0.39, 0.29) is 16.6 Å². The van der Waals surface area contributed by atoms with Crippen molar-refractivity contribution in [3.8, 4) is 5.75 Å². The molecule has 2 aromatic carbocycles. The molecule has 0 bridgehead atoms. The van der Waals surface area contributed by atoms with E-state index < -0.39 is 16.1 Å². The molecule has 1 aliphatic heterocycles. The van der Waals surface area contributed by atoms with Gasteiger partial charge in [-0.15, -0.1) is 0 Å². The minimum absolute atomic E-state index is 0.0687. The molecule has 1 saturated carbocycles. The number of ether oxygens (including phenoxy) is 1. The molecule has 1 amide bonds. The lowest BCUT2D eigenvalue weighted by atomic mass is 9.85. The third-order valence-electron chi connectivity index (χ3n) is 6.97. The molecule has 0 unspecified atom stereocenters. The first-order valence-corrected chi connectivity index (χ1v) is 13.8. The van der Waals surface area contributed by atoms with Gasteiger partial charge in [0.25, 0.3) is 0 Å². The average Bonchev–Trinajstić information content (AvgIpc) is 3.26. The summed E-state index contributed by atoms with van der Waals surface area (Å²) in [5.74, 6) is 0.188. The molecule has 1 atom stereocenters. The van der Waals surface area contributed by atoms with E-state index in [1.807, 2.05) is 0 Å².